The van der Waals surface area contributed by atoms with Gasteiger partial charge in [-0.2, -0.15) is 0 Å². The molecule has 0 aliphatic rings. The van der Waals surface area contributed by atoms with Gasteiger partial charge >= 0.3 is 0 Å². The maximum atomic E-state index is 6.13. The van der Waals surface area contributed by atoms with Gasteiger partial charge in [0, 0.05) is 10.8 Å². The second kappa shape index (κ2) is 12.0. The predicted octanol–water partition coefficient (Wildman–Crippen LogP) is 14.2. The van der Waals surface area contributed by atoms with Crippen molar-refractivity contribution in [1.29, 1.82) is 0 Å². The van der Waals surface area contributed by atoms with Gasteiger partial charge < -0.3 is 4.42 Å². The summed E-state index contributed by atoms with van der Waals surface area (Å²) in [5, 5.41) is 7.28. The molecule has 1 aromatic heterocycles. The van der Waals surface area contributed by atoms with Gasteiger partial charge in [-0.15, -0.1) is 0 Å². The number of benzene rings is 9. The van der Waals surface area contributed by atoms with E-state index in [1.807, 2.05) is 12.1 Å². The van der Waals surface area contributed by atoms with Gasteiger partial charge in [-0.05, 0) is 114 Å². The Kier molecular flexibility index (Phi) is 6.89. The van der Waals surface area contributed by atoms with Crippen LogP contribution >= 0.6 is 0 Å². The molecule has 0 saturated heterocycles. The zero-order chi connectivity index (χ0) is 33.7. The molecule has 51 heavy (non-hydrogen) atoms. The van der Waals surface area contributed by atoms with Crippen LogP contribution in [0.2, 0.25) is 0 Å². The van der Waals surface area contributed by atoms with Crippen LogP contribution in [0, 0.1) is 0 Å². The Morgan fingerprint density at radius 2 is 0.647 bits per heavy atom. The summed E-state index contributed by atoms with van der Waals surface area (Å²) < 4.78 is 6.13. The molecule has 0 fully saturated rings. The number of hydrogen-bond donors (Lipinski definition) is 0. The molecule has 0 aliphatic carbocycles. The van der Waals surface area contributed by atoms with Gasteiger partial charge in [0.25, 0.3) is 0 Å². The number of furan rings is 1. The largest absolute Gasteiger partial charge is 0.456 e. The number of fused-ring (bicyclic) bond motifs is 5. The molecular formula is C50H32O. The van der Waals surface area contributed by atoms with Gasteiger partial charge in [0.05, 0.1) is 0 Å². The molecule has 10 aromatic rings. The van der Waals surface area contributed by atoms with E-state index in [0.29, 0.717) is 0 Å². The molecule has 0 N–H and O–H groups in total. The van der Waals surface area contributed by atoms with E-state index in [-0.39, 0.29) is 0 Å². The fraction of sp³-hybridized carbons (Fsp3) is 0. The predicted molar refractivity (Wildman–Crippen MR) is 216 cm³/mol. The zero-order valence-corrected chi connectivity index (χ0v) is 27.9. The van der Waals surface area contributed by atoms with Crippen molar-refractivity contribution in [2.24, 2.45) is 0 Å². The van der Waals surface area contributed by atoms with Crippen LogP contribution in [0.25, 0.3) is 99.1 Å². The molecule has 9 aromatic carbocycles. The Morgan fingerprint density at radius 3 is 1.35 bits per heavy atom. The minimum absolute atomic E-state index is 0.913. The lowest BCUT2D eigenvalue weighted by Crippen LogP contribution is -1.92. The smallest absolute Gasteiger partial charge is 0.135 e. The lowest BCUT2D eigenvalue weighted by molar-refractivity contribution is 0.669. The highest BCUT2D eigenvalue weighted by Gasteiger charge is 2.18. The van der Waals surface area contributed by atoms with Crippen molar-refractivity contribution >= 4 is 43.5 Å². The first-order chi connectivity index (χ1) is 25.3. The molecule has 10 rings (SSSR count). The highest BCUT2D eigenvalue weighted by atomic mass is 16.3. The van der Waals surface area contributed by atoms with Gasteiger partial charge in [-0.3, -0.25) is 0 Å². The minimum atomic E-state index is 0.913. The Labute approximate surface area is 296 Å². The summed E-state index contributed by atoms with van der Waals surface area (Å²) in [6, 6.07) is 70.1. The quantitative estimate of drug-likeness (QED) is 0.169. The summed E-state index contributed by atoms with van der Waals surface area (Å²) in [6.07, 6.45) is 0. The maximum absolute atomic E-state index is 6.13. The van der Waals surface area contributed by atoms with E-state index in [1.54, 1.807) is 0 Å². The van der Waals surface area contributed by atoms with E-state index in [1.165, 1.54) is 77.2 Å². The molecule has 0 amide bonds. The Hall–Kier alpha value is -6.70. The highest BCUT2D eigenvalue weighted by molar-refractivity contribution is 6.22. The average molecular weight is 649 g/mol. The van der Waals surface area contributed by atoms with Crippen molar-refractivity contribution in [3.63, 3.8) is 0 Å². The van der Waals surface area contributed by atoms with Gasteiger partial charge in [0.1, 0.15) is 11.2 Å². The molecule has 0 radical (unpaired) electrons. The number of rotatable bonds is 5. The maximum Gasteiger partial charge on any atom is 0.135 e. The molecule has 238 valence electrons. The zero-order valence-electron chi connectivity index (χ0n) is 27.9. The summed E-state index contributed by atoms with van der Waals surface area (Å²) in [5.41, 5.74) is 14.0. The van der Waals surface area contributed by atoms with Crippen molar-refractivity contribution in [3.8, 4) is 55.6 Å². The highest BCUT2D eigenvalue weighted by Crippen LogP contribution is 2.45. The summed E-state index contributed by atoms with van der Waals surface area (Å²) in [6.45, 7) is 0. The topological polar surface area (TPSA) is 13.1 Å². The van der Waals surface area contributed by atoms with E-state index in [2.05, 4.69) is 182 Å². The molecule has 0 spiro atoms. The molecule has 0 bridgehead atoms. The monoisotopic (exact) mass is 648 g/mol. The van der Waals surface area contributed by atoms with Crippen LogP contribution in [0.1, 0.15) is 0 Å². The standard InChI is InChI=1S/C50H32O/c1-3-13-33(14-4-1)35-17-12-20-40(30-35)50-43-23-8-7-22-42(43)49(34-15-5-2-6-16-34)46-32-38(25-27-44(46)50)36-18-11-19-37(29-36)39-26-28-48-45(31-39)41-21-9-10-24-47(41)51-48/h1-32H. The van der Waals surface area contributed by atoms with Gasteiger partial charge in [0.2, 0.25) is 0 Å². The summed E-state index contributed by atoms with van der Waals surface area (Å²) >= 11 is 0. The lowest BCUT2D eigenvalue weighted by Gasteiger charge is -2.19. The fourth-order valence-corrected chi connectivity index (χ4v) is 7.85. The average Bonchev–Trinajstić information content (AvgIpc) is 3.58. The second-order valence-electron chi connectivity index (χ2n) is 13.3. The van der Waals surface area contributed by atoms with Crippen LogP contribution in [-0.4, -0.2) is 0 Å². The molecule has 0 saturated carbocycles. The van der Waals surface area contributed by atoms with Gasteiger partial charge in [-0.1, -0.05) is 158 Å². The molecule has 0 atom stereocenters. The van der Waals surface area contributed by atoms with E-state index >= 15 is 0 Å². The first-order valence-electron chi connectivity index (χ1n) is 17.5. The van der Waals surface area contributed by atoms with Crippen molar-refractivity contribution in [2.75, 3.05) is 0 Å². The van der Waals surface area contributed by atoms with Crippen LogP contribution in [0.15, 0.2) is 199 Å². The van der Waals surface area contributed by atoms with Gasteiger partial charge in [0.15, 0.2) is 0 Å². The number of hydrogen-bond acceptors (Lipinski definition) is 1. The molecule has 1 heterocycles. The van der Waals surface area contributed by atoms with Crippen LogP contribution in [0.5, 0.6) is 0 Å². The summed E-state index contributed by atoms with van der Waals surface area (Å²) in [5.74, 6) is 0. The van der Waals surface area contributed by atoms with Crippen LogP contribution in [0.3, 0.4) is 0 Å². The minimum Gasteiger partial charge on any atom is -0.456 e. The van der Waals surface area contributed by atoms with E-state index in [4.69, 9.17) is 4.42 Å². The first-order valence-corrected chi connectivity index (χ1v) is 17.5. The SMILES string of the molecule is c1ccc(-c2cccc(-c3c4ccccc4c(-c4ccccc4)c4cc(-c5cccc(-c6ccc7oc8ccccc8c7c6)c5)ccc34)c2)cc1. The Bertz CT molecular complexity index is 2900. The number of para-hydroxylation sites is 1. The summed E-state index contributed by atoms with van der Waals surface area (Å²) in [7, 11) is 0. The van der Waals surface area contributed by atoms with Gasteiger partial charge in [-0.25, -0.2) is 0 Å². The summed E-state index contributed by atoms with van der Waals surface area (Å²) in [4.78, 5) is 0. The van der Waals surface area contributed by atoms with Crippen LogP contribution in [-0.2, 0) is 0 Å². The van der Waals surface area contributed by atoms with E-state index in [0.717, 1.165) is 21.9 Å². The molecular weight excluding hydrogens is 617 g/mol. The normalized spacial score (nSPS) is 11.5. The Morgan fingerprint density at radius 1 is 0.216 bits per heavy atom. The first kappa shape index (κ1) is 29.2. The third kappa shape index (κ3) is 5.02. The fourth-order valence-electron chi connectivity index (χ4n) is 7.85. The van der Waals surface area contributed by atoms with E-state index in [9.17, 15) is 0 Å². The Balaban J connectivity index is 1.18. The molecule has 1 nitrogen and oxygen atoms in total. The van der Waals surface area contributed by atoms with Crippen molar-refractivity contribution in [2.45, 2.75) is 0 Å². The second-order valence-corrected chi connectivity index (χ2v) is 13.3. The lowest BCUT2D eigenvalue weighted by atomic mass is 9.84. The molecule has 0 unspecified atom stereocenters. The third-order valence-electron chi connectivity index (χ3n) is 10.3. The molecule has 0 aliphatic heterocycles. The molecule has 1 heteroatoms. The van der Waals surface area contributed by atoms with Crippen molar-refractivity contribution in [3.05, 3.63) is 194 Å². The van der Waals surface area contributed by atoms with Crippen molar-refractivity contribution < 1.29 is 4.42 Å². The van der Waals surface area contributed by atoms with Crippen molar-refractivity contribution in [1.82, 2.24) is 0 Å². The third-order valence-corrected chi connectivity index (χ3v) is 10.3. The van der Waals surface area contributed by atoms with E-state index < -0.39 is 0 Å². The van der Waals surface area contributed by atoms with Crippen LogP contribution < -0.4 is 0 Å². The van der Waals surface area contributed by atoms with Crippen LogP contribution in [0.4, 0.5) is 0 Å².